The molecule has 1 aromatic heterocycles. The van der Waals surface area contributed by atoms with Gasteiger partial charge in [-0.1, -0.05) is 5.21 Å². The van der Waals surface area contributed by atoms with E-state index in [1.165, 1.54) is 0 Å². The van der Waals surface area contributed by atoms with Gasteiger partial charge in [-0.3, -0.25) is 0 Å². The maximum absolute atomic E-state index is 12.8. The fourth-order valence-corrected chi connectivity index (χ4v) is 1.29. The fraction of sp³-hybridized carbons (Fsp3) is 0.667. The van der Waals surface area contributed by atoms with Gasteiger partial charge in [0.05, 0.1) is 6.61 Å². The summed E-state index contributed by atoms with van der Waals surface area (Å²) >= 11 is 0. The van der Waals surface area contributed by atoms with Crippen molar-refractivity contribution in [3.05, 3.63) is 11.4 Å². The van der Waals surface area contributed by atoms with Crippen LogP contribution in [0.4, 0.5) is 8.78 Å². The molecule has 0 aliphatic rings. The zero-order valence-electron chi connectivity index (χ0n) is 9.40. The lowest BCUT2D eigenvalue weighted by Gasteiger charge is -2.05. The minimum atomic E-state index is -2.83. The van der Waals surface area contributed by atoms with Crippen molar-refractivity contribution in [3.8, 4) is 0 Å². The summed E-state index contributed by atoms with van der Waals surface area (Å²) in [5, 5.41) is 6.93. The lowest BCUT2D eigenvalue weighted by atomic mass is 10.3. The maximum atomic E-state index is 12.8. The van der Waals surface area contributed by atoms with Gasteiger partial charge in [0.2, 0.25) is 0 Å². The minimum Gasteiger partial charge on any atom is -0.461 e. The van der Waals surface area contributed by atoms with Crippen molar-refractivity contribution in [1.82, 2.24) is 15.0 Å². The van der Waals surface area contributed by atoms with Crippen LogP contribution < -0.4 is 5.73 Å². The summed E-state index contributed by atoms with van der Waals surface area (Å²) in [7, 11) is 0. The van der Waals surface area contributed by atoms with E-state index in [0.29, 0.717) is 13.0 Å². The highest BCUT2D eigenvalue weighted by Crippen LogP contribution is 2.22. The summed E-state index contributed by atoms with van der Waals surface area (Å²) in [4.78, 5) is 11.4. The van der Waals surface area contributed by atoms with Gasteiger partial charge in [-0.2, -0.15) is 0 Å². The van der Waals surface area contributed by atoms with Gasteiger partial charge in [-0.25, -0.2) is 18.3 Å². The third kappa shape index (κ3) is 3.19. The van der Waals surface area contributed by atoms with Crippen LogP contribution in [0.3, 0.4) is 0 Å². The summed E-state index contributed by atoms with van der Waals surface area (Å²) in [5.41, 5.74) is 4.33. The first-order valence-electron chi connectivity index (χ1n) is 5.20. The molecule has 2 N–H and O–H groups in total. The molecule has 0 aliphatic carbocycles. The van der Waals surface area contributed by atoms with Crippen molar-refractivity contribution in [1.29, 1.82) is 0 Å². The highest BCUT2D eigenvalue weighted by Gasteiger charge is 2.27. The predicted molar refractivity (Wildman–Crippen MR) is 54.6 cm³/mol. The first-order valence-corrected chi connectivity index (χ1v) is 5.20. The number of halogens is 2. The Hall–Kier alpha value is -1.57. The molecule has 6 nitrogen and oxygen atoms in total. The normalized spacial score (nSPS) is 10.9. The third-order valence-electron chi connectivity index (χ3n) is 2.02. The van der Waals surface area contributed by atoms with Crippen LogP contribution in [0.25, 0.3) is 0 Å². The number of aromatic nitrogens is 3. The second-order valence-electron chi connectivity index (χ2n) is 3.21. The first-order chi connectivity index (χ1) is 8.11. The Labute approximate surface area is 96.7 Å². The smallest absolute Gasteiger partial charge is 0.361 e. The molecule has 17 heavy (non-hydrogen) atoms. The standard InChI is InChI=1S/C9H14F2N4O2/c1-2-17-9(16)6-7(8(10)11)15(14-13-6)5-3-4-12/h8H,2-5,12H2,1H3. The van der Waals surface area contributed by atoms with E-state index in [1.807, 2.05) is 0 Å². The van der Waals surface area contributed by atoms with Crippen LogP contribution in [0.5, 0.6) is 0 Å². The van der Waals surface area contributed by atoms with Crippen LogP contribution in [-0.4, -0.2) is 34.1 Å². The number of rotatable bonds is 6. The van der Waals surface area contributed by atoms with Crippen LogP contribution in [-0.2, 0) is 11.3 Å². The molecule has 0 atom stereocenters. The zero-order chi connectivity index (χ0) is 12.8. The van der Waals surface area contributed by atoms with E-state index in [-0.39, 0.29) is 13.2 Å². The molecule has 96 valence electrons. The Kier molecular flexibility index (Phi) is 4.95. The highest BCUT2D eigenvalue weighted by molar-refractivity contribution is 5.88. The zero-order valence-corrected chi connectivity index (χ0v) is 9.40. The summed E-state index contributed by atoms with van der Waals surface area (Å²) in [5.74, 6) is -0.887. The second-order valence-corrected chi connectivity index (χ2v) is 3.21. The highest BCUT2D eigenvalue weighted by atomic mass is 19.3. The van der Waals surface area contributed by atoms with Crippen molar-refractivity contribution in [2.75, 3.05) is 13.2 Å². The average Bonchev–Trinajstić information content (AvgIpc) is 2.70. The van der Waals surface area contributed by atoms with Gasteiger partial charge in [-0.15, -0.1) is 5.10 Å². The van der Waals surface area contributed by atoms with Crippen molar-refractivity contribution in [2.24, 2.45) is 5.73 Å². The second kappa shape index (κ2) is 6.24. The van der Waals surface area contributed by atoms with Gasteiger partial charge in [0.25, 0.3) is 6.43 Å². The molecule has 0 bridgehead atoms. The number of hydrogen-bond donors (Lipinski definition) is 1. The molecule has 0 spiro atoms. The van der Waals surface area contributed by atoms with Crippen molar-refractivity contribution in [3.63, 3.8) is 0 Å². The Morgan fingerprint density at radius 3 is 2.82 bits per heavy atom. The molecule has 0 aromatic carbocycles. The molecule has 0 radical (unpaired) electrons. The SMILES string of the molecule is CCOC(=O)c1nnn(CCCN)c1C(F)F. The van der Waals surface area contributed by atoms with Gasteiger partial charge in [0, 0.05) is 6.54 Å². The Balaban J connectivity index is 2.97. The van der Waals surface area contributed by atoms with Crippen LogP contribution in [0.2, 0.25) is 0 Å². The number of nitrogens with two attached hydrogens (primary N) is 1. The van der Waals surface area contributed by atoms with Gasteiger partial charge in [0.1, 0.15) is 5.69 Å². The van der Waals surface area contributed by atoms with Crippen molar-refractivity contribution in [2.45, 2.75) is 26.3 Å². The summed E-state index contributed by atoms with van der Waals surface area (Å²) in [6.07, 6.45) is -2.35. The number of carbonyl (C=O) groups excluding carboxylic acids is 1. The quantitative estimate of drug-likeness (QED) is 0.751. The van der Waals surface area contributed by atoms with Gasteiger partial charge in [-0.05, 0) is 19.9 Å². The number of hydrogen-bond acceptors (Lipinski definition) is 5. The third-order valence-corrected chi connectivity index (χ3v) is 2.02. The lowest BCUT2D eigenvalue weighted by molar-refractivity contribution is 0.0506. The van der Waals surface area contributed by atoms with Gasteiger partial charge >= 0.3 is 5.97 Å². The van der Waals surface area contributed by atoms with Crippen molar-refractivity contribution < 1.29 is 18.3 Å². The number of esters is 1. The summed E-state index contributed by atoms with van der Waals surface area (Å²) in [6, 6.07) is 0. The first kappa shape index (κ1) is 13.5. The summed E-state index contributed by atoms with van der Waals surface area (Å²) in [6.45, 7) is 2.22. The minimum absolute atomic E-state index is 0.0944. The van der Waals surface area contributed by atoms with E-state index in [4.69, 9.17) is 5.73 Å². The Bertz CT molecular complexity index is 381. The Morgan fingerprint density at radius 2 is 2.29 bits per heavy atom. The van der Waals surface area contributed by atoms with Gasteiger partial charge in [0.15, 0.2) is 5.69 Å². The molecule has 0 saturated heterocycles. The van der Waals surface area contributed by atoms with E-state index in [2.05, 4.69) is 15.0 Å². The van der Waals surface area contributed by atoms with Crippen LogP contribution in [0.15, 0.2) is 0 Å². The largest absolute Gasteiger partial charge is 0.461 e. The van der Waals surface area contributed by atoms with E-state index < -0.39 is 23.8 Å². The number of alkyl halides is 2. The van der Waals surface area contributed by atoms with Crippen LogP contribution in [0, 0.1) is 0 Å². The molecule has 1 rings (SSSR count). The average molecular weight is 248 g/mol. The number of carbonyl (C=O) groups is 1. The van der Waals surface area contributed by atoms with E-state index in [9.17, 15) is 13.6 Å². The Morgan fingerprint density at radius 1 is 1.59 bits per heavy atom. The molecule has 1 aromatic rings. The van der Waals surface area contributed by atoms with Gasteiger partial charge < -0.3 is 10.5 Å². The molecule has 1 heterocycles. The van der Waals surface area contributed by atoms with Crippen molar-refractivity contribution >= 4 is 5.97 Å². The number of ether oxygens (including phenoxy) is 1. The molecular weight excluding hydrogens is 234 g/mol. The van der Waals surface area contributed by atoms with Crippen LogP contribution in [0.1, 0.15) is 36.0 Å². The lowest BCUT2D eigenvalue weighted by Crippen LogP contribution is -2.13. The topological polar surface area (TPSA) is 83.0 Å². The summed E-state index contributed by atoms with van der Waals surface area (Å²) < 4.78 is 31.2. The van der Waals surface area contributed by atoms with E-state index >= 15 is 0 Å². The molecular formula is C9H14F2N4O2. The maximum Gasteiger partial charge on any atom is 0.361 e. The van der Waals surface area contributed by atoms with Crippen LogP contribution >= 0.6 is 0 Å². The fourth-order valence-electron chi connectivity index (χ4n) is 1.29. The molecule has 0 fully saturated rings. The molecule has 8 heteroatoms. The molecule has 0 saturated carbocycles. The molecule has 0 amide bonds. The molecule has 0 unspecified atom stereocenters. The molecule has 0 aliphatic heterocycles. The predicted octanol–water partition coefficient (Wildman–Crippen LogP) is 0.741. The number of nitrogens with zero attached hydrogens (tertiary/aromatic N) is 3. The monoisotopic (exact) mass is 248 g/mol. The van der Waals surface area contributed by atoms with E-state index in [0.717, 1.165) is 4.68 Å². The number of aryl methyl sites for hydroxylation is 1. The van der Waals surface area contributed by atoms with E-state index in [1.54, 1.807) is 6.92 Å².